The summed E-state index contributed by atoms with van der Waals surface area (Å²) < 4.78 is 0. The van der Waals surface area contributed by atoms with E-state index < -0.39 is 0 Å². The first-order valence-corrected chi connectivity index (χ1v) is 12.6. The average molecular weight is 495 g/mol. The minimum absolute atomic E-state index is 0.0930. The predicted octanol–water partition coefficient (Wildman–Crippen LogP) is 5.60. The van der Waals surface area contributed by atoms with Crippen LogP contribution in [0.3, 0.4) is 0 Å². The van der Waals surface area contributed by atoms with Gasteiger partial charge in [-0.25, -0.2) is 9.97 Å². The highest BCUT2D eigenvalue weighted by Gasteiger charge is 2.32. The summed E-state index contributed by atoms with van der Waals surface area (Å²) in [4.78, 5) is 24.9. The molecule has 1 saturated heterocycles. The van der Waals surface area contributed by atoms with Crippen molar-refractivity contribution in [2.75, 3.05) is 36.4 Å². The Morgan fingerprint density at radius 2 is 1.46 bits per heavy atom. The van der Waals surface area contributed by atoms with Crippen molar-refractivity contribution in [3.8, 4) is 0 Å². The van der Waals surface area contributed by atoms with E-state index in [0.29, 0.717) is 18.9 Å². The van der Waals surface area contributed by atoms with Gasteiger partial charge in [-0.1, -0.05) is 85.8 Å². The van der Waals surface area contributed by atoms with Crippen LogP contribution >= 0.6 is 0 Å². The molecule has 0 unspecified atom stereocenters. The Balaban J connectivity index is 1.40. The first kappa shape index (κ1) is 24.4. The zero-order chi connectivity index (χ0) is 25.6. The maximum atomic E-state index is 12.2. The number of hydrogen-bond acceptors (Lipinski definition) is 7. The third-order valence-electron chi connectivity index (χ3n) is 6.85. The lowest BCUT2D eigenvalue weighted by Gasteiger charge is -2.40. The number of nitro groups is 1. The zero-order valence-corrected chi connectivity index (χ0v) is 20.8. The van der Waals surface area contributed by atoms with Crippen molar-refractivity contribution in [3.05, 3.63) is 118 Å². The predicted molar refractivity (Wildman–Crippen MR) is 146 cm³/mol. The van der Waals surface area contributed by atoms with Crippen LogP contribution in [0.1, 0.15) is 29.7 Å². The van der Waals surface area contributed by atoms with E-state index in [1.807, 2.05) is 41.3 Å². The SMILES string of the molecule is CCc1ccccc1Nc1ncnc(N2CCN(C(c3ccccc3)c3ccccc3)CC2)c1[N+](=O)[O-]. The normalized spacial score (nSPS) is 14.1. The van der Waals surface area contributed by atoms with Crippen molar-refractivity contribution in [2.24, 2.45) is 0 Å². The number of nitrogens with zero attached hydrogens (tertiary/aromatic N) is 5. The summed E-state index contributed by atoms with van der Waals surface area (Å²) >= 11 is 0. The molecule has 1 aliphatic heterocycles. The van der Waals surface area contributed by atoms with E-state index in [4.69, 9.17) is 0 Å². The van der Waals surface area contributed by atoms with Gasteiger partial charge in [0, 0.05) is 31.9 Å². The quantitative estimate of drug-likeness (QED) is 0.252. The second-order valence-electron chi connectivity index (χ2n) is 9.03. The van der Waals surface area contributed by atoms with Crippen LogP contribution in [0.2, 0.25) is 0 Å². The van der Waals surface area contributed by atoms with Crippen LogP contribution in [-0.2, 0) is 6.42 Å². The average Bonchev–Trinajstić information content (AvgIpc) is 2.95. The second kappa shape index (κ2) is 11.2. The van der Waals surface area contributed by atoms with Crippen molar-refractivity contribution < 1.29 is 4.92 Å². The third-order valence-corrected chi connectivity index (χ3v) is 6.85. The Morgan fingerprint density at radius 3 is 2.05 bits per heavy atom. The van der Waals surface area contributed by atoms with Crippen molar-refractivity contribution in [3.63, 3.8) is 0 Å². The fourth-order valence-corrected chi connectivity index (χ4v) is 5.02. The van der Waals surface area contributed by atoms with E-state index in [1.165, 1.54) is 17.5 Å². The van der Waals surface area contributed by atoms with E-state index in [1.54, 1.807) is 0 Å². The molecule has 4 aromatic rings. The van der Waals surface area contributed by atoms with Crippen LogP contribution in [0, 0.1) is 10.1 Å². The summed E-state index contributed by atoms with van der Waals surface area (Å²) in [7, 11) is 0. The first-order valence-electron chi connectivity index (χ1n) is 12.6. The molecule has 0 radical (unpaired) electrons. The monoisotopic (exact) mass is 494 g/mol. The molecule has 8 nitrogen and oxygen atoms in total. The smallest absolute Gasteiger partial charge is 0.348 e. The van der Waals surface area contributed by atoms with E-state index in [2.05, 4.69) is 75.6 Å². The van der Waals surface area contributed by atoms with Crippen molar-refractivity contribution >= 4 is 23.0 Å². The Kier molecular flexibility index (Phi) is 7.37. The summed E-state index contributed by atoms with van der Waals surface area (Å²) in [6.07, 6.45) is 2.21. The molecule has 8 heteroatoms. The summed E-state index contributed by atoms with van der Waals surface area (Å²) in [5.74, 6) is 0.567. The van der Waals surface area contributed by atoms with Crippen molar-refractivity contribution in [2.45, 2.75) is 19.4 Å². The van der Waals surface area contributed by atoms with Gasteiger partial charge in [-0.05, 0) is 29.2 Å². The molecular formula is C29H30N6O2. The van der Waals surface area contributed by atoms with Crippen LogP contribution < -0.4 is 10.2 Å². The molecule has 0 spiro atoms. The summed E-state index contributed by atoms with van der Waals surface area (Å²) in [5, 5.41) is 15.4. The number of para-hydroxylation sites is 1. The fourth-order valence-electron chi connectivity index (χ4n) is 5.02. The molecule has 0 saturated carbocycles. The number of piperazine rings is 1. The molecule has 1 fully saturated rings. The zero-order valence-electron chi connectivity index (χ0n) is 20.8. The van der Waals surface area contributed by atoms with Crippen LogP contribution in [0.25, 0.3) is 0 Å². The van der Waals surface area contributed by atoms with Gasteiger partial charge in [0.05, 0.1) is 11.0 Å². The molecule has 5 rings (SSSR count). The fraction of sp³-hybridized carbons (Fsp3) is 0.241. The molecule has 1 aromatic heterocycles. The van der Waals surface area contributed by atoms with Crippen LogP contribution in [0.4, 0.5) is 23.0 Å². The number of aromatic nitrogens is 2. The topological polar surface area (TPSA) is 87.4 Å². The lowest BCUT2D eigenvalue weighted by Crippen LogP contribution is -2.48. The maximum absolute atomic E-state index is 12.2. The van der Waals surface area contributed by atoms with E-state index in [-0.39, 0.29) is 22.5 Å². The summed E-state index contributed by atoms with van der Waals surface area (Å²) in [6.45, 7) is 4.80. The number of rotatable bonds is 8. The summed E-state index contributed by atoms with van der Waals surface area (Å²) in [6, 6.07) is 28.9. The highest BCUT2D eigenvalue weighted by Crippen LogP contribution is 2.36. The Morgan fingerprint density at radius 1 is 0.865 bits per heavy atom. The van der Waals surface area contributed by atoms with Gasteiger partial charge in [-0.3, -0.25) is 15.0 Å². The van der Waals surface area contributed by atoms with Gasteiger partial charge in [-0.15, -0.1) is 0 Å². The first-order chi connectivity index (χ1) is 18.2. The van der Waals surface area contributed by atoms with Gasteiger partial charge in [0.1, 0.15) is 6.33 Å². The van der Waals surface area contributed by atoms with Crippen molar-refractivity contribution in [1.29, 1.82) is 0 Å². The number of aryl methyl sites for hydroxylation is 1. The largest absolute Gasteiger partial charge is 0.353 e. The van der Waals surface area contributed by atoms with E-state index in [9.17, 15) is 10.1 Å². The molecule has 0 atom stereocenters. The Bertz CT molecular complexity index is 1300. The molecule has 2 heterocycles. The minimum Gasteiger partial charge on any atom is -0.348 e. The van der Waals surface area contributed by atoms with Gasteiger partial charge in [-0.2, -0.15) is 0 Å². The number of nitrogens with one attached hydrogen (secondary N) is 1. The minimum atomic E-state index is -0.380. The molecule has 0 amide bonds. The lowest BCUT2D eigenvalue weighted by molar-refractivity contribution is -0.383. The number of hydrogen-bond donors (Lipinski definition) is 1. The highest BCUT2D eigenvalue weighted by molar-refractivity contribution is 5.75. The molecular weight excluding hydrogens is 464 g/mol. The highest BCUT2D eigenvalue weighted by atomic mass is 16.6. The number of benzene rings is 3. The van der Waals surface area contributed by atoms with Gasteiger partial charge in [0.25, 0.3) is 0 Å². The standard InChI is InChI=1S/C29H30N6O2/c1-2-22-11-9-10-16-25(22)32-28-27(35(36)37)29(31-21-30-28)34-19-17-33(18-20-34)26(23-12-5-3-6-13-23)24-14-7-4-8-15-24/h3-16,21,26H,2,17-20H2,1H3,(H,30,31,32). The number of anilines is 3. The molecule has 0 bridgehead atoms. The Labute approximate surface area is 216 Å². The van der Waals surface area contributed by atoms with Crippen LogP contribution in [-0.4, -0.2) is 46.0 Å². The molecule has 0 aliphatic carbocycles. The van der Waals surface area contributed by atoms with E-state index >= 15 is 0 Å². The Hall–Kier alpha value is -4.30. The third kappa shape index (κ3) is 5.29. The van der Waals surface area contributed by atoms with Crippen molar-refractivity contribution in [1.82, 2.24) is 14.9 Å². The van der Waals surface area contributed by atoms with Gasteiger partial charge in [0.15, 0.2) is 0 Å². The molecule has 188 valence electrons. The van der Waals surface area contributed by atoms with Gasteiger partial charge >= 0.3 is 5.69 Å². The van der Waals surface area contributed by atoms with Crippen LogP contribution in [0.5, 0.6) is 0 Å². The molecule has 37 heavy (non-hydrogen) atoms. The van der Waals surface area contributed by atoms with Crippen LogP contribution in [0.15, 0.2) is 91.3 Å². The molecule has 1 N–H and O–H groups in total. The molecule has 1 aliphatic rings. The summed E-state index contributed by atoms with van der Waals surface area (Å²) in [5.41, 5.74) is 4.26. The van der Waals surface area contributed by atoms with Gasteiger partial charge in [0.2, 0.25) is 11.6 Å². The van der Waals surface area contributed by atoms with Gasteiger partial charge < -0.3 is 10.2 Å². The lowest BCUT2D eigenvalue weighted by atomic mass is 9.96. The molecule has 3 aromatic carbocycles. The van der Waals surface area contributed by atoms with E-state index in [0.717, 1.165) is 30.8 Å². The maximum Gasteiger partial charge on any atom is 0.353 e. The second-order valence-corrected chi connectivity index (χ2v) is 9.03.